The molecule has 160 valence electrons. The van der Waals surface area contributed by atoms with Crippen LogP contribution in [0, 0.1) is 0 Å². The van der Waals surface area contributed by atoms with Gasteiger partial charge in [0.15, 0.2) is 11.6 Å². The van der Waals surface area contributed by atoms with Gasteiger partial charge in [0.2, 0.25) is 5.91 Å². The second-order valence-corrected chi connectivity index (χ2v) is 8.72. The van der Waals surface area contributed by atoms with Crippen LogP contribution < -0.4 is 9.80 Å². The largest absolute Gasteiger partial charge is 0.352 e. The van der Waals surface area contributed by atoms with Gasteiger partial charge in [0, 0.05) is 50.2 Å². The molecule has 0 aliphatic carbocycles. The fourth-order valence-electron chi connectivity index (χ4n) is 4.37. The summed E-state index contributed by atoms with van der Waals surface area (Å²) in [7, 11) is 0. The summed E-state index contributed by atoms with van der Waals surface area (Å²) in [6.07, 6.45) is 4.98. The molecule has 0 N–H and O–H groups in total. The van der Waals surface area contributed by atoms with Crippen LogP contribution in [0.5, 0.6) is 0 Å². The second kappa shape index (κ2) is 9.65. The van der Waals surface area contributed by atoms with Gasteiger partial charge in [-0.05, 0) is 62.4 Å². The summed E-state index contributed by atoms with van der Waals surface area (Å²) in [6.45, 7) is 6.35. The molecule has 3 heterocycles. The summed E-state index contributed by atoms with van der Waals surface area (Å²) in [6, 6.07) is 12.4. The number of aromatic nitrogens is 2. The number of hydrogen-bond donors (Lipinski definition) is 0. The maximum absolute atomic E-state index is 12.6. The lowest BCUT2D eigenvalue weighted by Gasteiger charge is -2.36. The van der Waals surface area contributed by atoms with Gasteiger partial charge in [-0.3, -0.25) is 4.79 Å². The minimum Gasteiger partial charge on any atom is -0.352 e. The van der Waals surface area contributed by atoms with Crippen molar-refractivity contribution >= 4 is 29.1 Å². The van der Waals surface area contributed by atoms with Gasteiger partial charge in [-0.2, -0.15) is 0 Å². The minimum atomic E-state index is 0.204. The third-order valence-corrected chi connectivity index (χ3v) is 6.44. The number of benzene rings is 1. The van der Waals surface area contributed by atoms with E-state index in [9.17, 15) is 4.79 Å². The molecule has 1 unspecified atom stereocenters. The summed E-state index contributed by atoms with van der Waals surface area (Å²) in [5.74, 6) is 2.07. The van der Waals surface area contributed by atoms with Crippen molar-refractivity contribution in [1.29, 1.82) is 0 Å². The van der Waals surface area contributed by atoms with Gasteiger partial charge in [0.05, 0.1) is 0 Å². The Morgan fingerprint density at radius 3 is 2.50 bits per heavy atom. The highest BCUT2D eigenvalue weighted by atomic mass is 35.5. The van der Waals surface area contributed by atoms with Gasteiger partial charge in [-0.15, -0.1) is 10.2 Å². The Kier molecular flexibility index (Phi) is 6.72. The highest BCUT2D eigenvalue weighted by Crippen LogP contribution is 2.24. The summed E-state index contributed by atoms with van der Waals surface area (Å²) in [5.41, 5.74) is 1.10. The predicted octanol–water partition coefficient (Wildman–Crippen LogP) is 3.79. The molecule has 0 bridgehead atoms. The minimum absolute atomic E-state index is 0.204. The van der Waals surface area contributed by atoms with E-state index in [4.69, 9.17) is 11.6 Å². The lowest BCUT2D eigenvalue weighted by Crippen LogP contribution is -2.49. The van der Waals surface area contributed by atoms with Crippen LogP contribution in [0.2, 0.25) is 5.02 Å². The summed E-state index contributed by atoms with van der Waals surface area (Å²) in [4.78, 5) is 19.1. The number of anilines is 2. The smallest absolute Gasteiger partial charge is 0.223 e. The number of hydrogen-bond acceptors (Lipinski definition) is 5. The van der Waals surface area contributed by atoms with E-state index in [1.165, 1.54) is 19.3 Å². The van der Waals surface area contributed by atoms with Crippen molar-refractivity contribution in [3.63, 3.8) is 0 Å². The van der Waals surface area contributed by atoms with Crippen molar-refractivity contribution < 1.29 is 4.79 Å². The van der Waals surface area contributed by atoms with Crippen LogP contribution in [-0.2, 0) is 11.2 Å². The molecule has 2 fully saturated rings. The van der Waals surface area contributed by atoms with Crippen molar-refractivity contribution in [3.05, 3.63) is 47.0 Å². The molecular weight excluding hydrogens is 398 g/mol. The molecule has 2 saturated heterocycles. The number of halogens is 1. The first-order valence-electron chi connectivity index (χ1n) is 11.0. The van der Waals surface area contributed by atoms with Crippen molar-refractivity contribution in [2.45, 2.75) is 45.1 Å². The number of rotatable bonds is 5. The van der Waals surface area contributed by atoms with E-state index in [-0.39, 0.29) is 5.91 Å². The third kappa shape index (κ3) is 5.04. The lowest BCUT2D eigenvalue weighted by atomic mass is 10.0. The Morgan fingerprint density at radius 2 is 1.80 bits per heavy atom. The highest BCUT2D eigenvalue weighted by Gasteiger charge is 2.23. The van der Waals surface area contributed by atoms with E-state index < -0.39 is 0 Å². The lowest BCUT2D eigenvalue weighted by molar-refractivity contribution is -0.131. The van der Waals surface area contributed by atoms with Gasteiger partial charge < -0.3 is 14.7 Å². The molecule has 0 spiro atoms. The first kappa shape index (κ1) is 20.9. The van der Waals surface area contributed by atoms with E-state index in [0.717, 1.165) is 61.4 Å². The normalized spacial score (nSPS) is 19.8. The standard InChI is InChI=1S/C23H30ClN5O/c1-18-5-2-3-12-29(18)22-10-9-21(25-26-22)27-13-15-28(16-14-27)23(30)11-8-19-6-4-7-20(24)17-19/h4,6-7,9-10,17-18H,2-3,5,8,11-16H2,1H3. The van der Waals surface area contributed by atoms with Crippen LogP contribution >= 0.6 is 11.6 Å². The molecule has 1 aromatic carbocycles. The molecule has 6 nitrogen and oxygen atoms in total. The Bertz CT molecular complexity index is 851. The maximum Gasteiger partial charge on any atom is 0.223 e. The molecule has 0 saturated carbocycles. The number of piperidine rings is 1. The topological polar surface area (TPSA) is 52.6 Å². The van der Waals surface area contributed by atoms with Crippen LogP contribution in [0.15, 0.2) is 36.4 Å². The molecule has 1 aromatic heterocycles. The summed E-state index contributed by atoms with van der Waals surface area (Å²) in [5, 5.41) is 9.70. The van der Waals surface area contributed by atoms with Crippen molar-refractivity contribution in [2.24, 2.45) is 0 Å². The Morgan fingerprint density at radius 1 is 1.03 bits per heavy atom. The molecule has 1 amide bonds. The van der Waals surface area contributed by atoms with Gasteiger partial charge in [0.25, 0.3) is 0 Å². The number of amides is 1. The molecule has 1 atom stereocenters. The molecule has 2 aliphatic heterocycles. The quantitative estimate of drug-likeness (QED) is 0.726. The number of carbonyl (C=O) groups excluding carboxylic acids is 1. The zero-order valence-corrected chi connectivity index (χ0v) is 18.4. The van der Waals surface area contributed by atoms with E-state index in [0.29, 0.717) is 12.5 Å². The zero-order valence-electron chi connectivity index (χ0n) is 17.6. The number of carbonyl (C=O) groups is 1. The Balaban J connectivity index is 1.27. The van der Waals surface area contributed by atoms with E-state index in [2.05, 4.69) is 39.1 Å². The highest BCUT2D eigenvalue weighted by molar-refractivity contribution is 6.30. The first-order chi connectivity index (χ1) is 14.6. The maximum atomic E-state index is 12.6. The molecule has 2 aliphatic rings. The van der Waals surface area contributed by atoms with Crippen molar-refractivity contribution in [1.82, 2.24) is 15.1 Å². The SMILES string of the molecule is CC1CCCCN1c1ccc(N2CCN(C(=O)CCc3cccc(Cl)c3)CC2)nn1. The summed E-state index contributed by atoms with van der Waals surface area (Å²) < 4.78 is 0. The van der Waals surface area contributed by atoms with Crippen LogP contribution in [0.25, 0.3) is 0 Å². The van der Waals surface area contributed by atoms with Crippen molar-refractivity contribution in [2.75, 3.05) is 42.5 Å². The van der Waals surface area contributed by atoms with Crippen molar-refractivity contribution in [3.8, 4) is 0 Å². The van der Waals surface area contributed by atoms with E-state index in [1.807, 2.05) is 29.2 Å². The number of aryl methyl sites for hydroxylation is 1. The molecule has 7 heteroatoms. The average Bonchev–Trinajstić information content (AvgIpc) is 2.78. The fraction of sp³-hybridized carbons (Fsp3) is 0.522. The van der Waals surface area contributed by atoms with Crippen LogP contribution in [0.3, 0.4) is 0 Å². The van der Waals surface area contributed by atoms with Crippen LogP contribution in [0.1, 0.15) is 38.2 Å². The first-order valence-corrected chi connectivity index (χ1v) is 11.4. The second-order valence-electron chi connectivity index (χ2n) is 8.29. The Hall–Kier alpha value is -2.34. The third-order valence-electron chi connectivity index (χ3n) is 6.21. The number of nitrogens with zero attached hydrogens (tertiary/aromatic N) is 5. The Labute approximate surface area is 183 Å². The molecular formula is C23H30ClN5O. The number of piperazine rings is 1. The van der Waals surface area contributed by atoms with E-state index in [1.54, 1.807) is 0 Å². The van der Waals surface area contributed by atoms with Crippen LogP contribution in [-0.4, -0.2) is 59.8 Å². The van der Waals surface area contributed by atoms with Gasteiger partial charge in [-0.1, -0.05) is 23.7 Å². The fourth-order valence-corrected chi connectivity index (χ4v) is 4.58. The zero-order chi connectivity index (χ0) is 20.9. The summed E-state index contributed by atoms with van der Waals surface area (Å²) >= 11 is 6.03. The molecule has 2 aromatic rings. The van der Waals surface area contributed by atoms with Crippen LogP contribution in [0.4, 0.5) is 11.6 Å². The van der Waals surface area contributed by atoms with Gasteiger partial charge in [-0.25, -0.2) is 0 Å². The monoisotopic (exact) mass is 427 g/mol. The molecule has 0 radical (unpaired) electrons. The van der Waals surface area contributed by atoms with E-state index >= 15 is 0 Å². The predicted molar refractivity (Wildman–Crippen MR) is 121 cm³/mol. The van der Waals surface area contributed by atoms with Gasteiger partial charge in [0.1, 0.15) is 0 Å². The average molecular weight is 428 g/mol. The molecule has 4 rings (SSSR count). The van der Waals surface area contributed by atoms with Gasteiger partial charge >= 0.3 is 0 Å². The molecule has 30 heavy (non-hydrogen) atoms.